The maximum atomic E-state index is 12.9. The number of morpholine rings is 1. The van der Waals surface area contributed by atoms with Crippen LogP contribution in [-0.4, -0.2) is 52.0 Å². The number of aliphatic carboxylic acids is 1. The number of carbonyl (C=O) groups is 1. The van der Waals surface area contributed by atoms with Crippen LogP contribution in [0.3, 0.4) is 0 Å². The van der Waals surface area contributed by atoms with Gasteiger partial charge in [0.2, 0.25) is 5.95 Å². The molecular formula is C14H14F4N4O3S. The largest absolute Gasteiger partial charge is 0.490 e. The molecule has 1 unspecified atom stereocenters. The Morgan fingerprint density at radius 3 is 2.50 bits per heavy atom. The molecule has 0 radical (unpaired) electrons. The number of rotatable bonds is 2. The predicted octanol–water partition coefficient (Wildman–Crippen LogP) is 2.59. The van der Waals surface area contributed by atoms with Gasteiger partial charge in [-0.05, 0) is 6.92 Å². The lowest BCUT2D eigenvalue weighted by Gasteiger charge is -2.34. The number of thiazole rings is 1. The van der Waals surface area contributed by atoms with Crippen LogP contribution in [0.25, 0.3) is 0 Å². The van der Waals surface area contributed by atoms with E-state index in [0.717, 1.165) is 10.7 Å². The Morgan fingerprint density at radius 1 is 1.38 bits per heavy atom. The van der Waals surface area contributed by atoms with E-state index in [2.05, 4.69) is 15.0 Å². The molecule has 0 aromatic carbocycles. The molecule has 7 nitrogen and oxygen atoms in total. The van der Waals surface area contributed by atoms with Gasteiger partial charge in [-0.15, -0.1) is 11.3 Å². The molecule has 0 aliphatic carbocycles. The van der Waals surface area contributed by atoms with Crippen LogP contribution in [0.5, 0.6) is 0 Å². The molecule has 1 saturated heterocycles. The summed E-state index contributed by atoms with van der Waals surface area (Å²) in [7, 11) is 0. The van der Waals surface area contributed by atoms with Crippen molar-refractivity contribution in [2.45, 2.75) is 19.1 Å². The fourth-order valence-corrected chi connectivity index (χ4v) is 2.73. The molecule has 2 aromatic heterocycles. The summed E-state index contributed by atoms with van der Waals surface area (Å²) in [6.07, 6.45) is -2.72. The molecule has 1 N–H and O–H groups in total. The molecule has 12 heteroatoms. The molecule has 2 aromatic rings. The van der Waals surface area contributed by atoms with Crippen LogP contribution in [0.1, 0.15) is 16.7 Å². The minimum Gasteiger partial charge on any atom is -0.475 e. The number of halogens is 4. The van der Waals surface area contributed by atoms with Crippen molar-refractivity contribution in [2.24, 2.45) is 0 Å². The summed E-state index contributed by atoms with van der Waals surface area (Å²) in [4.78, 5) is 23.5. The summed E-state index contributed by atoms with van der Waals surface area (Å²) in [5.41, 5.74) is 0.954. The van der Waals surface area contributed by atoms with Crippen molar-refractivity contribution >= 4 is 23.3 Å². The predicted molar refractivity (Wildman–Crippen MR) is 83.4 cm³/mol. The molecule has 1 fully saturated rings. The van der Waals surface area contributed by atoms with E-state index in [-0.39, 0.29) is 6.04 Å². The monoisotopic (exact) mass is 394 g/mol. The highest BCUT2D eigenvalue weighted by molar-refractivity contribution is 7.09. The average Bonchev–Trinajstić information content (AvgIpc) is 3.02. The smallest absolute Gasteiger partial charge is 0.475 e. The SMILES string of the molecule is Cc1nc(C2COCCN2c2ncc(F)cn2)cs1.O=C(O)C(F)(F)F. The van der Waals surface area contributed by atoms with Gasteiger partial charge in [-0.3, -0.25) is 0 Å². The molecule has 3 rings (SSSR count). The lowest BCUT2D eigenvalue weighted by molar-refractivity contribution is -0.192. The summed E-state index contributed by atoms with van der Waals surface area (Å²) in [5.74, 6) is -2.68. The van der Waals surface area contributed by atoms with E-state index in [9.17, 15) is 17.6 Å². The third-order valence-electron chi connectivity index (χ3n) is 3.21. The fraction of sp³-hybridized carbons (Fsp3) is 0.429. The third-order valence-corrected chi connectivity index (χ3v) is 4.00. The quantitative estimate of drug-likeness (QED) is 0.784. The molecule has 0 amide bonds. The lowest BCUT2D eigenvalue weighted by Crippen LogP contribution is -2.40. The Kier molecular flexibility index (Phi) is 6.42. The summed E-state index contributed by atoms with van der Waals surface area (Å²) in [5, 5.41) is 10.2. The van der Waals surface area contributed by atoms with Gasteiger partial charge in [-0.25, -0.2) is 24.1 Å². The Bertz CT molecular complexity index is 739. The van der Waals surface area contributed by atoms with Crippen molar-refractivity contribution in [1.29, 1.82) is 0 Å². The second-order valence-electron chi connectivity index (χ2n) is 5.08. The van der Waals surface area contributed by atoms with Crippen LogP contribution in [0, 0.1) is 12.7 Å². The molecule has 0 saturated carbocycles. The molecule has 142 valence electrons. The zero-order valence-corrected chi connectivity index (χ0v) is 14.2. The van der Waals surface area contributed by atoms with Crippen LogP contribution >= 0.6 is 11.3 Å². The van der Waals surface area contributed by atoms with Gasteiger partial charge in [-0.2, -0.15) is 13.2 Å². The number of anilines is 1. The molecule has 1 atom stereocenters. The van der Waals surface area contributed by atoms with Gasteiger partial charge >= 0.3 is 12.1 Å². The summed E-state index contributed by atoms with van der Waals surface area (Å²) < 4.78 is 50.1. The van der Waals surface area contributed by atoms with Crippen molar-refractivity contribution in [2.75, 3.05) is 24.7 Å². The zero-order valence-electron chi connectivity index (χ0n) is 13.4. The van der Waals surface area contributed by atoms with Crippen molar-refractivity contribution in [3.63, 3.8) is 0 Å². The standard InChI is InChI=1S/C12H13FN4OS.C2HF3O2/c1-8-16-10(7-19-8)11-6-18-3-2-17(11)12-14-4-9(13)5-15-12;3-2(4,5)1(6)7/h4-5,7,11H,2-3,6H2,1H3;(H,6,7). The topological polar surface area (TPSA) is 88.4 Å². The molecular weight excluding hydrogens is 380 g/mol. The third kappa shape index (κ3) is 5.33. The molecule has 0 spiro atoms. The molecule has 0 bridgehead atoms. The second-order valence-corrected chi connectivity index (χ2v) is 6.14. The van der Waals surface area contributed by atoms with Crippen molar-refractivity contribution < 1.29 is 32.2 Å². The van der Waals surface area contributed by atoms with E-state index in [0.29, 0.717) is 25.7 Å². The van der Waals surface area contributed by atoms with Gasteiger partial charge < -0.3 is 14.7 Å². The van der Waals surface area contributed by atoms with Crippen molar-refractivity contribution in [3.05, 3.63) is 34.3 Å². The lowest BCUT2D eigenvalue weighted by atomic mass is 10.2. The number of carboxylic acids is 1. The Balaban J connectivity index is 0.000000298. The van der Waals surface area contributed by atoms with Crippen LogP contribution in [0.4, 0.5) is 23.5 Å². The highest BCUT2D eigenvalue weighted by atomic mass is 32.1. The van der Waals surface area contributed by atoms with Crippen LogP contribution < -0.4 is 4.90 Å². The number of aromatic nitrogens is 3. The first-order valence-corrected chi connectivity index (χ1v) is 8.10. The molecule has 1 aliphatic rings. The highest BCUT2D eigenvalue weighted by Gasteiger charge is 2.38. The molecule has 26 heavy (non-hydrogen) atoms. The summed E-state index contributed by atoms with van der Waals surface area (Å²) in [6, 6.07) is -0.0100. The summed E-state index contributed by atoms with van der Waals surface area (Å²) in [6.45, 7) is 3.80. The zero-order chi connectivity index (χ0) is 19.3. The first-order valence-electron chi connectivity index (χ1n) is 7.22. The van der Waals surface area contributed by atoms with Gasteiger partial charge in [0.1, 0.15) is 0 Å². The van der Waals surface area contributed by atoms with Crippen molar-refractivity contribution in [1.82, 2.24) is 15.0 Å². The number of ether oxygens (including phenoxy) is 1. The number of nitrogens with zero attached hydrogens (tertiary/aromatic N) is 4. The average molecular weight is 394 g/mol. The Hall–Kier alpha value is -2.34. The Morgan fingerprint density at radius 2 is 2.00 bits per heavy atom. The van der Waals surface area contributed by atoms with Gasteiger partial charge in [0.05, 0.1) is 42.4 Å². The minimum atomic E-state index is -5.08. The normalized spacial score (nSPS) is 17.4. The molecule has 3 heterocycles. The van der Waals surface area contributed by atoms with E-state index in [1.807, 2.05) is 17.2 Å². The van der Waals surface area contributed by atoms with E-state index in [1.165, 1.54) is 12.4 Å². The van der Waals surface area contributed by atoms with Crippen LogP contribution in [0.15, 0.2) is 17.8 Å². The van der Waals surface area contributed by atoms with Crippen LogP contribution in [0.2, 0.25) is 0 Å². The maximum absolute atomic E-state index is 12.9. The van der Waals surface area contributed by atoms with E-state index in [1.54, 1.807) is 11.3 Å². The molecule has 1 aliphatic heterocycles. The van der Waals surface area contributed by atoms with E-state index >= 15 is 0 Å². The number of alkyl halides is 3. The maximum Gasteiger partial charge on any atom is 0.490 e. The minimum absolute atomic E-state index is 0.0100. The number of aryl methyl sites for hydroxylation is 1. The summed E-state index contributed by atoms with van der Waals surface area (Å²) >= 11 is 1.60. The number of carboxylic acid groups (broad SMARTS) is 1. The van der Waals surface area contributed by atoms with Gasteiger partial charge in [0.15, 0.2) is 5.82 Å². The first kappa shape index (κ1) is 20.0. The van der Waals surface area contributed by atoms with Gasteiger partial charge in [0.25, 0.3) is 0 Å². The first-order chi connectivity index (χ1) is 12.2. The van der Waals surface area contributed by atoms with E-state index in [4.69, 9.17) is 14.6 Å². The fourth-order valence-electron chi connectivity index (χ4n) is 2.08. The Labute approximate surface area is 149 Å². The highest BCUT2D eigenvalue weighted by Crippen LogP contribution is 2.28. The van der Waals surface area contributed by atoms with Crippen LogP contribution in [-0.2, 0) is 9.53 Å². The number of hydrogen-bond acceptors (Lipinski definition) is 7. The number of hydrogen-bond donors (Lipinski definition) is 1. The van der Waals surface area contributed by atoms with Crippen molar-refractivity contribution in [3.8, 4) is 0 Å². The van der Waals surface area contributed by atoms with E-state index < -0.39 is 18.0 Å². The second kappa shape index (κ2) is 8.36. The van der Waals surface area contributed by atoms with Gasteiger partial charge in [-0.1, -0.05) is 0 Å². The van der Waals surface area contributed by atoms with Gasteiger partial charge in [0, 0.05) is 11.9 Å².